The van der Waals surface area contributed by atoms with Gasteiger partial charge in [0.1, 0.15) is 30.5 Å². The summed E-state index contributed by atoms with van der Waals surface area (Å²) in [7, 11) is -5.08. The average molecular weight is 1070 g/mol. The molecule has 3 heterocycles. The van der Waals surface area contributed by atoms with Crippen molar-refractivity contribution in [1.82, 2.24) is 0 Å². The summed E-state index contributed by atoms with van der Waals surface area (Å²) < 4.78 is 77.1. The molecular formula is C62H90O11Si2. The van der Waals surface area contributed by atoms with Gasteiger partial charge in [-0.05, 0) is 99.1 Å². The summed E-state index contributed by atoms with van der Waals surface area (Å²) in [6, 6.07) is 40.9. The summed E-state index contributed by atoms with van der Waals surface area (Å²) in [4.78, 5) is 0. The Balaban J connectivity index is 1.31. The zero-order chi connectivity index (χ0) is 54.2. The molecule has 0 aromatic heterocycles. The maximum Gasteiger partial charge on any atom is 0.192 e. The first-order valence-corrected chi connectivity index (χ1v) is 33.0. The number of hydrogen-bond donors (Lipinski definition) is 0. The van der Waals surface area contributed by atoms with Gasteiger partial charge in [0.2, 0.25) is 0 Å². The van der Waals surface area contributed by atoms with E-state index in [1.807, 2.05) is 100 Å². The van der Waals surface area contributed by atoms with Gasteiger partial charge < -0.3 is 51.5 Å². The fourth-order valence-electron chi connectivity index (χ4n) is 9.67. The second kappa shape index (κ2) is 25.2. The lowest BCUT2D eigenvalue weighted by atomic mass is 9.82. The summed E-state index contributed by atoms with van der Waals surface area (Å²) in [6.07, 6.45) is -3.97. The average Bonchev–Trinajstić information content (AvgIpc) is 3.88. The minimum atomic E-state index is -2.55. The number of rotatable bonds is 24. The van der Waals surface area contributed by atoms with E-state index in [9.17, 15) is 0 Å². The van der Waals surface area contributed by atoms with Gasteiger partial charge >= 0.3 is 0 Å². The van der Waals surface area contributed by atoms with Crippen LogP contribution in [0.1, 0.15) is 104 Å². The summed E-state index contributed by atoms with van der Waals surface area (Å²) in [5.41, 5.74) is 5.14. The van der Waals surface area contributed by atoms with E-state index in [0.717, 1.165) is 27.8 Å². The zero-order valence-electron chi connectivity index (χ0n) is 47.7. The lowest BCUT2D eigenvalue weighted by molar-refractivity contribution is -0.313. The standard InChI is InChI=1S/C62H90O11Si2/c1-44(37-50(72-74(12,13)59(2,3)4)56(73-75(14,15)60(5,6)7)57-55(70-62(10,11)71-57)52-43-67-61(8,9)69-52)36-49-53(64-39-46-30-22-17-23-31-46)51(42-63-38-45-28-20-16-21-29-45)68-58(66-41-48-34-26-19-27-35-48)54(49)65-40-47-32-24-18-25-33-47/h16-35,49-58H,1,36-43H2,2-15H3/t49-,50-,51+,52+,53+,54+,55+,56-,57-,58+/m0/s1. The van der Waals surface area contributed by atoms with Crippen molar-refractivity contribution in [2.45, 2.75) is 211 Å². The van der Waals surface area contributed by atoms with Gasteiger partial charge in [-0.1, -0.05) is 175 Å². The number of benzene rings is 4. The van der Waals surface area contributed by atoms with E-state index in [2.05, 4.69) is 116 Å². The molecule has 4 aromatic rings. The van der Waals surface area contributed by atoms with Crippen molar-refractivity contribution < 1.29 is 51.5 Å². The first-order valence-electron chi connectivity index (χ1n) is 27.2. The summed E-state index contributed by atoms with van der Waals surface area (Å²) in [6.45, 7) is 37.7. The molecular weight excluding hydrogens is 977 g/mol. The molecule has 0 bridgehead atoms. The first-order chi connectivity index (χ1) is 35.3. The van der Waals surface area contributed by atoms with E-state index >= 15 is 0 Å². The van der Waals surface area contributed by atoms with Crippen LogP contribution in [0.4, 0.5) is 0 Å². The van der Waals surface area contributed by atoms with Crippen LogP contribution in [-0.4, -0.2) is 96.5 Å². The van der Waals surface area contributed by atoms with Crippen molar-refractivity contribution >= 4 is 16.6 Å². The Kier molecular flexibility index (Phi) is 19.9. The fraction of sp³-hybridized carbons (Fsp3) is 0.581. The summed E-state index contributed by atoms with van der Waals surface area (Å²) in [5, 5.41) is -0.264. The van der Waals surface area contributed by atoms with E-state index in [4.69, 9.17) is 58.1 Å². The maximum atomic E-state index is 7.74. The second-order valence-electron chi connectivity index (χ2n) is 24.9. The molecule has 3 saturated heterocycles. The molecule has 4 aromatic carbocycles. The minimum Gasteiger partial charge on any atom is -0.411 e. The van der Waals surface area contributed by atoms with Crippen molar-refractivity contribution in [3.05, 3.63) is 156 Å². The molecule has 11 nitrogen and oxygen atoms in total. The van der Waals surface area contributed by atoms with Crippen LogP contribution in [0.5, 0.6) is 0 Å². The number of hydrogen-bond acceptors (Lipinski definition) is 11. The highest BCUT2D eigenvalue weighted by molar-refractivity contribution is 6.74. The van der Waals surface area contributed by atoms with E-state index in [-0.39, 0.29) is 22.6 Å². The Morgan fingerprint density at radius 2 is 1.07 bits per heavy atom. The van der Waals surface area contributed by atoms with Crippen LogP contribution in [-0.2, 0) is 77.9 Å². The van der Waals surface area contributed by atoms with E-state index in [0.29, 0.717) is 45.9 Å². The molecule has 75 heavy (non-hydrogen) atoms. The SMILES string of the molecule is C=C(C[C@H]1[C@@H](OCc2ccccc2)[C@@H](COCc2ccccc2)O[C@@H](OCc2ccccc2)[C@@H]1OCc1ccccc1)C[C@H](O[Si](C)(C)C(C)(C)C)[C@H](O[Si](C)(C)C(C)(C)C)[C@H]1OC(C)(C)O[C@@H]1[C@H]1COC(C)(C)O1. The molecule has 0 unspecified atom stereocenters. The highest BCUT2D eigenvalue weighted by Gasteiger charge is 2.57. The zero-order valence-corrected chi connectivity index (χ0v) is 49.7. The fourth-order valence-corrected chi connectivity index (χ4v) is 12.3. The highest BCUT2D eigenvalue weighted by atomic mass is 28.4. The molecule has 412 valence electrons. The van der Waals surface area contributed by atoms with Gasteiger partial charge in [0.15, 0.2) is 34.5 Å². The molecule has 0 aliphatic carbocycles. The Hall–Kier alpha value is -3.39. The second-order valence-corrected chi connectivity index (χ2v) is 34.4. The largest absolute Gasteiger partial charge is 0.411 e. The van der Waals surface area contributed by atoms with E-state index < -0.39 is 83.3 Å². The lowest BCUT2D eigenvalue weighted by Crippen LogP contribution is -2.59. The predicted molar refractivity (Wildman–Crippen MR) is 301 cm³/mol. The van der Waals surface area contributed by atoms with Gasteiger partial charge in [0, 0.05) is 5.92 Å². The normalized spacial score (nSPS) is 26.0. The van der Waals surface area contributed by atoms with Crippen LogP contribution in [0.3, 0.4) is 0 Å². The van der Waals surface area contributed by atoms with Crippen molar-refractivity contribution in [3.63, 3.8) is 0 Å². The maximum absolute atomic E-state index is 7.74. The topological polar surface area (TPSA) is 102 Å². The third-order valence-electron chi connectivity index (χ3n) is 15.8. The third kappa shape index (κ3) is 16.3. The van der Waals surface area contributed by atoms with Gasteiger partial charge in [0.05, 0.1) is 58.0 Å². The molecule has 3 aliphatic heterocycles. The van der Waals surface area contributed by atoms with Crippen LogP contribution in [0.15, 0.2) is 133 Å². The first kappa shape index (κ1) is 59.3. The molecule has 10 atom stereocenters. The molecule has 7 rings (SSSR count). The van der Waals surface area contributed by atoms with E-state index in [1.165, 1.54) is 0 Å². The quantitative estimate of drug-likeness (QED) is 0.0495. The Labute approximate surface area is 452 Å². The lowest BCUT2D eigenvalue weighted by Gasteiger charge is -2.48. The Morgan fingerprint density at radius 3 is 1.55 bits per heavy atom. The van der Waals surface area contributed by atoms with Crippen LogP contribution in [0.2, 0.25) is 36.3 Å². The van der Waals surface area contributed by atoms with Gasteiger partial charge in [-0.25, -0.2) is 0 Å². The molecule has 3 fully saturated rings. The molecule has 3 aliphatic rings. The van der Waals surface area contributed by atoms with Gasteiger partial charge in [-0.3, -0.25) is 0 Å². The minimum absolute atomic E-state index is 0.129. The predicted octanol–water partition coefficient (Wildman–Crippen LogP) is 13.7. The Bertz CT molecular complexity index is 2350. The summed E-state index contributed by atoms with van der Waals surface area (Å²) >= 11 is 0. The van der Waals surface area contributed by atoms with Crippen LogP contribution in [0.25, 0.3) is 0 Å². The highest BCUT2D eigenvalue weighted by Crippen LogP contribution is 2.47. The molecule has 0 N–H and O–H groups in total. The van der Waals surface area contributed by atoms with Crippen LogP contribution < -0.4 is 0 Å². The van der Waals surface area contributed by atoms with Gasteiger partial charge in [-0.2, -0.15) is 0 Å². The molecule has 0 amide bonds. The van der Waals surface area contributed by atoms with Crippen molar-refractivity contribution in [2.75, 3.05) is 13.2 Å². The van der Waals surface area contributed by atoms with E-state index in [1.54, 1.807) is 0 Å². The number of ether oxygens (including phenoxy) is 9. The molecule has 0 radical (unpaired) electrons. The van der Waals surface area contributed by atoms with Crippen LogP contribution in [0, 0.1) is 5.92 Å². The Morgan fingerprint density at radius 1 is 0.600 bits per heavy atom. The third-order valence-corrected chi connectivity index (χ3v) is 24.7. The van der Waals surface area contributed by atoms with Crippen LogP contribution >= 0.6 is 0 Å². The smallest absolute Gasteiger partial charge is 0.192 e. The molecule has 0 saturated carbocycles. The van der Waals surface area contributed by atoms with Gasteiger partial charge in [-0.15, -0.1) is 0 Å². The van der Waals surface area contributed by atoms with Crippen molar-refractivity contribution in [1.29, 1.82) is 0 Å². The van der Waals surface area contributed by atoms with Gasteiger partial charge in [0.25, 0.3) is 0 Å². The van der Waals surface area contributed by atoms with Crippen molar-refractivity contribution in [3.8, 4) is 0 Å². The molecule has 0 spiro atoms. The molecule has 13 heteroatoms. The van der Waals surface area contributed by atoms with Crippen molar-refractivity contribution in [2.24, 2.45) is 5.92 Å². The summed E-state index contributed by atoms with van der Waals surface area (Å²) in [5.74, 6) is -2.02. The monoisotopic (exact) mass is 1070 g/mol.